The number of carbonyl (C=O) groups is 3. The molecule has 0 saturated carbocycles. The smallest absolute Gasteiger partial charge is 0.309 e. The van der Waals surface area contributed by atoms with Gasteiger partial charge in [0.15, 0.2) is 6.10 Å². The van der Waals surface area contributed by atoms with Crippen LogP contribution in [0.4, 0.5) is 0 Å². The quantitative estimate of drug-likeness (QED) is 0.0344. The molecule has 6 nitrogen and oxygen atoms in total. The third-order valence-electron chi connectivity index (χ3n) is 13.4. The van der Waals surface area contributed by atoms with E-state index in [2.05, 4.69) is 20.8 Å². The van der Waals surface area contributed by atoms with Crippen molar-refractivity contribution >= 4 is 17.9 Å². The minimum Gasteiger partial charge on any atom is -0.462 e. The van der Waals surface area contributed by atoms with Crippen LogP contribution < -0.4 is 0 Å². The topological polar surface area (TPSA) is 78.9 Å². The van der Waals surface area contributed by atoms with Crippen molar-refractivity contribution in [3.05, 3.63) is 0 Å². The second kappa shape index (κ2) is 49.8. The van der Waals surface area contributed by atoms with Crippen LogP contribution in [0.25, 0.3) is 0 Å². The molecule has 3 atom stereocenters. The molecule has 374 valence electrons. The van der Waals surface area contributed by atoms with E-state index in [1.165, 1.54) is 218 Å². The van der Waals surface area contributed by atoms with Crippen LogP contribution >= 0.6 is 0 Å². The molecule has 0 aliphatic carbocycles. The maximum atomic E-state index is 13.2. The first-order valence-corrected chi connectivity index (χ1v) is 28.4. The number of hydrogen-bond acceptors (Lipinski definition) is 6. The van der Waals surface area contributed by atoms with Crippen molar-refractivity contribution in [2.75, 3.05) is 13.2 Å². The number of unbranched alkanes of at least 4 members (excludes halogenated alkanes) is 38. The molecule has 0 amide bonds. The molecule has 0 heterocycles. The van der Waals surface area contributed by atoms with Gasteiger partial charge >= 0.3 is 17.9 Å². The summed E-state index contributed by atoms with van der Waals surface area (Å²) in [6.45, 7) is 10.5. The zero-order valence-corrected chi connectivity index (χ0v) is 43.2. The molecule has 6 heteroatoms. The van der Waals surface area contributed by atoms with Gasteiger partial charge in [-0.25, -0.2) is 0 Å². The molecule has 0 aliphatic rings. The van der Waals surface area contributed by atoms with Crippen molar-refractivity contribution in [2.24, 2.45) is 11.8 Å². The van der Waals surface area contributed by atoms with Crippen molar-refractivity contribution < 1.29 is 28.6 Å². The van der Waals surface area contributed by atoms with Crippen molar-refractivity contribution in [3.8, 4) is 0 Å². The van der Waals surface area contributed by atoms with Crippen LogP contribution in [0.1, 0.15) is 317 Å². The number of rotatable bonds is 51. The highest BCUT2D eigenvalue weighted by atomic mass is 16.6. The molecule has 0 N–H and O–H groups in total. The summed E-state index contributed by atoms with van der Waals surface area (Å²) in [7, 11) is 0. The fourth-order valence-electron chi connectivity index (χ4n) is 8.78. The predicted molar refractivity (Wildman–Crippen MR) is 270 cm³/mol. The van der Waals surface area contributed by atoms with Gasteiger partial charge in [-0.05, 0) is 19.3 Å². The van der Waals surface area contributed by atoms with Crippen molar-refractivity contribution in [2.45, 2.75) is 323 Å². The van der Waals surface area contributed by atoms with Gasteiger partial charge in [-0.1, -0.05) is 291 Å². The van der Waals surface area contributed by atoms with E-state index in [9.17, 15) is 14.4 Å². The Morgan fingerprint density at radius 1 is 0.317 bits per heavy atom. The van der Waals surface area contributed by atoms with E-state index in [1.54, 1.807) is 0 Å². The highest BCUT2D eigenvalue weighted by molar-refractivity contribution is 5.73. The van der Waals surface area contributed by atoms with Gasteiger partial charge in [-0.15, -0.1) is 0 Å². The molecule has 0 radical (unpaired) electrons. The summed E-state index contributed by atoms with van der Waals surface area (Å²) in [6.07, 6.45) is 54.1. The Bertz CT molecular complexity index is 966. The predicted octanol–water partition coefficient (Wildman–Crippen LogP) is 18.5. The first kappa shape index (κ1) is 61.4. The minimum absolute atomic E-state index is 0.0742. The van der Waals surface area contributed by atoms with Crippen molar-refractivity contribution in [3.63, 3.8) is 0 Å². The van der Waals surface area contributed by atoms with Crippen molar-refractivity contribution in [1.29, 1.82) is 0 Å². The number of hydrogen-bond donors (Lipinski definition) is 0. The van der Waals surface area contributed by atoms with Gasteiger partial charge in [0.25, 0.3) is 0 Å². The molecule has 0 fully saturated rings. The molecular formula is C57H110O6. The molecule has 0 aliphatic heterocycles. The van der Waals surface area contributed by atoms with E-state index in [-0.39, 0.29) is 43.0 Å². The molecule has 0 saturated heterocycles. The van der Waals surface area contributed by atoms with Gasteiger partial charge in [-0.3, -0.25) is 14.4 Å². The van der Waals surface area contributed by atoms with E-state index >= 15 is 0 Å². The second-order valence-electron chi connectivity index (χ2n) is 19.9. The highest BCUT2D eigenvalue weighted by Gasteiger charge is 2.24. The SMILES string of the molecule is CCCCCCCCCCCCCCCCC(C)C(=O)OCC(COC(=O)CCCCCCCCCCCCCCC)OC(=O)C(C)CCCCCCCCCCCCCCCC. The summed E-state index contributed by atoms with van der Waals surface area (Å²) in [5, 5.41) is 0. The minimum atomic E-state index is -0.788. The lowest BCUT2D eigenvalue weighted by molar-refractivity contribution is -0.170. The van der Waals surface area contributed by atoms with Gasteiger partial charge in [0.05, 0.1) is 11.8 Å². The van der Waals surface area contributed by atoms with E-state index in [0.717, 1.165) is 57.8 Å². The van der Waals surface area contributed by atoms with Gasteiger partial charge in [0.1, 0.15) is 13.2 Å². The van der Waals surface area contributed by atoms with Gasteiger partial charge in [0, 0.05) is 6.42 Å². The highest BCUT2D eigenvalue weighted by Crippen LogP contribution is 2.19. The van der Waals surface area contributed by atoms with Gasteiger partial charge in [0.2, 0.25) is 0 Å². The zero-order chi connectivity index (χ0) is 46.1. The Labute approximate surface area is 393 Å². The Balaban J connectivity index is 4.52. The fraction of sp³-hybridized carbons (Fsp3) is 0.947. The zero-order valence-electron chi connectivity index (χ0n) is 43.2. The lowest BCUT2D eigenvalue weighted by Gasteiger charge is -2.21. The molecule has 3 unspecified atom stereocenters. The molecule has 0 rings (SSSR count). The Hall–Kier alpha value is -1.59. The molecular weight excluding hydrogens is 781 g/mol. The third kappa shape index (κ3) is 45.4. The van der Waals surface area contributed by atoms with Crippen molar-refractivity contribution in [1.82, 2.24) is 0 Å². The van der Waals surface area contributed by atoms with Crippen LogP contribution in [0.15, 0.2) is 0 Å². The summed E-state index contributed by atoms with van der Waals surface area (Å²) in [4.78, 5) is 38.9. The Morgan fingerprint density at radius 2 is 0.571 bits per heavy atom. The van der Waals surface area contributed by atoms with E-state index in [4.69, 9.17) is 14.2 Å². The first-order chi connectivity index (χ1) is 30.8. The molecule has 0 spiro atoms. The lowest BCUT2D eigenvalue weighted by atomic mass is 10.0. The molecule has 0 aromatic heterocycles. The van der Waals surface area contributed by atoms with Gasteiger partial charge in [-0.2, -0.15) is 0 Å². The maximum absolute atomic E-state index is 13.2. The molecule has 0 aromatic rings. The van der Waals surface area contributed by atoms with Crippen LogP contribution in [0, 0.1) is 11.8 Å². The standard InChI is InChI=1S/C57H110O6/c1-6-9-12-15-18-21-24-27-30-32-35-38-41-44-47-52(4)56(59)62-51-54(50-61-55(58)49-46-43-40-37-34-29-26-23-20-17-14-11-8-3)63-57(60)53(5)48-45-42-39-36-33-31-28-25-22-19-16-13-10-7-2/h52-54H,6-51H2,1-5H3. The van der Waals surface area contributed by atoms with Crippen LogP contribution in [-0.2, 0) is 28.6 Å². The van der Waals surface area contributed by atoms with Gasteiger partial charge < -0.3 is 14.2 Å². The molecule has 63 heavy (non-hydrogen) atoms. The second-order valence-corrected chi connectivity index (χ2v) is 19.9. The largest absolute Gasteiger partial charge is 0.462 e. The van der Waals surface area contributed by atoms with Crippen LogP contribution in [0.5, 0.6) is 0 Å². The third-order valence-corrected chi connectivity index (χ3v) is 13.4. The summed E-state index contributed by atoms with van der Waals surface area (Å²) >= 11 is 0. The lowest BCUT2D eigenvalue weighted by Crippen LogP contribution is -2.33. The van der Waals surface area contributed by atoms with Crippen LogP contribution in [-0.4, -0.2) is 37.2 Å². The monoisotopic (exact) mass is 891 g/mol. The Morgan fingerprint density at radius 3 is 0.889 bits per heavy atom. The van der Waals surface area contributed by atoms with Crippen LogP contribution in [0.2, 0.25) is 0 Å². The van der Waals surface area contributed by atoms with E-state index in [0.29, 0.717) is 6.42 Å². The van der Waals surface area contributed by atoms with Crippen LogP contribution in [0.3, 0.4) is 0 Å². The molecule has 0 bridgehead atoms. The first-order valence-electron chi connectivity index (χ1n) is 28.4. The summed E-state index contributed by atoms with van der Waals surface area (Å²) < 4.78 is 17.2. The average Bonchev–Trinajstić information content (AvgIpc) is 3.28. The molecule has 0 aromatic carbocycles. The van der Waals surface area contributed by atoms with E-state index < -0.39 is 6.10 Å². The fourth-order valence-corrected chi connectivity index (χ4v) is 8.78. The average molecular weight is 892 g/mol. The normalized spacial score (nSPS) is 12.9. The number of esters is 3. The Kier molecular flexibility index (Phi) is 48.6. The number of carbonyl (C=O) groups excluding carboxylic acids is 3. The maximum Gasteiger partial charge on any atom is 0.309 e. The summed E-state index contributed by atoms with van der Waals surface area (Å²) in [6, 6.07) is 0. The van der Waals surface area contributed by atoms with E-state index in [1.807, 2.05) is 13.8 Å². The summed E-state index contributed by atoms with van der Waals surface area (Å²) in [5.74, 6) is -1.29. The number of ether oxygens (including phenoxy) is 3. The summed E-state index contributed by atoms with van der Waals surface area (Å²) in [5.41, 5.74) is 0.